The van der Waals surface area contributed by atoms with Crippen LogP contribution in [-0.2, 0) is 4.79 Å². The quantitative estimate of drug-likeness (QED) is 0.914. The summed E-state index contributed by atoms with van der Waals surface area (Å²) in [4.78, 5) is 29.4. The van der Waals surface area contributed by atoms with Crippen molar-refractivity contribution in [2.24, 2.45) is 5.92 Å². The Hall–Kier alpha value is -1.91. The van der Waals surface area contributed by atoms with Crippen LogP contribution < -0.4 is 0 Å². The van der Waals surface area contributed by atoms with Crippen LogP contribution in [0.3, 0.4) is 0 Å². The maximum absolute atomic E-state index is 12.6. The number of rotatable bonds is 3. The van der Waals surface area contributed by atoms with Crippen molar-refractivity contribution < 1.29 is 14.7 Å². The Morgan fingerprint density at radius 1 is 1.30 bits per heavy atom. The van der Waals surface area contributed by atoms with Crippen molar-refractivity contribution in [3.63, 3.8) is 0 Å². The molecular formula is C15H18N2O3. The molecule has 5 nitrogen and oxygen atoms in total. The van der Waals surface area contributed by atoms with E-state index in [1.807, 2.05) is 4.90 Å². The van der Waals surface area contributed by atoms with E-state index < -0.39 is 5.97 Å². The van der Waals surface area contributed by atoms with Gasteiger partial charge in [-0.2, -0.15) is 0 Å². The van der Waals surface area contributed by atoms with Crippen molar-refractivity contribution in [3.05, 3.63) is 30.1 Å². The zero-order chi connectivity index (χ0) is 14.1. The van der Waals surface area contributed by atoms with Crippen molar-refractivity contribution in [2.45, 2.75) is 44.2 Å². The highest BCUT2D eigenvalue weighted by Crippen LogP contribution is 2.40. The summed E-state index contributed by atoms with van der Waals surface area (Å²) >= 11 is 0. The van der Waals surface area contributed by atoms with Crippen LogP contribution in [0, 0.1) is 5.92 Å². The van der Waals surface area contributed by atoms with Gasteiger partial charge in [-0.15, -0.1) is 0 Å². The molecule has 2 fully saturated rings. The van der Waals surface area contributed by atoms with Crippen LogP contribution in [0.2, 0.25) is 0 Å². The number of nitrogens with zero attached hydrogens (tertiary/aromatic N) is 2. The molecule has 1 amide bonds. The second-order valence-corrected chi connectivity index (χ2v) is 5.77. The van der Waals surface area contributed by atoms with Gasteiger partial charge in [0.05, 0.1) is 5.56 Å². The molecular weight excluding hydrogens is 256 g/mol. The average Bonchev–Trinajstić information content (AvgIpc) is 2.70. The zero-order valence-electron chi connectivity index (χ0n) is 11.2. The second-order valence-electron chi connectivity index (χ2n) is 5.77. The molecule has 1 N–H and O–H groups in total. The van der Waals surface area contributed by atoms with E-state index in [1.165, 1.54) is 0 Å². The summed E-state index contributed by atoms with van der Waals surface area (Å²) in [5.41, 5.74) is 0.626. The van der Waals surface area contributed by atoms with Gasteiger partial charge in [-0.1, -0.05) is 0 Å². The van der Waals surface area contributed by atoms with Crippen molar-refractivity contribution in [1.29, 1.82) is 0 Å². The lowest BCUT2D eigenvalue weighted by molar-refractivity contribution is -0.138. The Balaban J connectivity index is 1.74. The van der Waals surface area contributed by atoms with Gasteiger partial charge in [0.25, 0.3) is 5.91 Å². The third-order valence-corrected chi connectivity index (χ3v) is 4.44. The first-order valence-electron chi connectivity index (χ1n) is 7.09. The molecule has 0 spiro atoms. The number of hydrogen-bond acceptors (Lipinski definition) is 3. The third kappa shape index (κ3) is 2.40. The number of carboxylic acid groups (broad SMARTS) is 1. The van der Waals surface area contributed by atoms with Gasteiger partial charge >= 0.3 is 5.97 Å². The summed E-state index contributed by atoms with van der Waals surface area (Å²) in [5.74, 6) is -0.483. The number of carbonyl (C=O) groups is 2. The van der Waals surface area contributed by atoms with Gasteiger partial charge in [-0.3, -0.25) is 14.6 Å². The maximum atomic E-state index is 12.6. The topological polar surface area (TPSA) is 70.5 Å². The molecule has 2 bridgehead atoms. The van der Waals surface area contributed by atoms with Gasteiger partial charge in [0, 0.05) is 30.9 Å². The Bertz CT molecular complexity index is 503. The van der Waals surface area contributed by atoms with Gasteiger partial charge in [-0.25, -0.2) is 0 Å². The predicted molar refractivity (Wildman–Crippen MR) is 72.2 cm³/mol. The van der Waals surface area contributed by atoms with Crippen LogP contribution in [-0.4, -0.2) is 39.0 Å². The summed E-state index contributed by atoms with van der Waals surface area (Å²) in [7, 11) is 0. The molecule has 20 heavy (non-hydrogen) atoms. The summed E-state index contributed by atoms with van der Waals surface area (Å²) < 4.78 is 0. The number of carbonyl (C=O) groups excluding carboxylic acids is 1. The van der Waals surface area contributed by atoms with Crippen LogP contribution in [0.4, 0.5) is 0 Å². The number of amides is 1. The van der Waals surface area contributed by atoms with Gasteiger partial charge < -0.3 is 10.0 Å². The number of pyridine rings is 1. The van der Waals surface area contributed by atoms with Crippen LogP contribution in [0.15, 0.2) is 24.5 Å². The lowest BCUT2D eigenvalue weighted by Gasteiger charge is -2.38. The van der Waals surface area contributed by atoms with Gasteiger partial charge in [0.2, 0.25) is 0 Å². The Morgan fingerprint density at radius 3 is 2.55 bits per heavy atom. The molecule has 3 rings (SSSR count). The largest absolute Gasteiger partial charge is 0.481 e. The second kappa shape index (κ2) is 5.23. The van der Waals surface area contributed by atoms with E-state index in [0.717, 1.165) is 25.7 Å². The molecule has 1 aromatic heterocycles. The van der Waals surface area contributed by atoms with Crippen LogP contribution in [0.1, 0.15) is 42.5 Å². The van der Waals surface area contributed by atoms with Crippen molar-refractivity contribution in [3.8, 4) is 0 Å². The van der Waals surface area contributed by atoms with E-state index >= 15 is 0 Å². The molecule has 106 valence electrons. The van der Waals surface area contributed by atoms with Crippen LogP contribution in [0.5, 0.6) is 0 Å². The molecule has 1 aromatic rings. The van der Waals surface area contributed by atoms with Gasteiger partial charge in [0.1, 0.15) is 0 Å². The molecule has 0 saturated carbocycles. The number of hydrogen-bond donors (Lipinski definition) is 1. The highest BCUT2D eigenvalue weighted by molar-refractivity contribution is 5.94. The van der Waals surface area contributed by atoms with Crippen molar-refractivity contribution in [1.82, 2.24) is 9.88 Å². The standard InChI is InChI=1S/C15H18N2O3/c18-14(19)8-10-6-12-3-4-13(7-10)17(12)15(20)11-2-1-5-16-9-11/h1-2,5,9-10,12-13H,3-4,6-8H2,(H,18,19). The number of fused-ring (bicyclic) bond motifs is 2. The number of aliphatic carboxylic acids is 1. The Labute approximate surface area is 117 Å². The minimum atomic E-state index is -0.735. The monoisotopic (exact) mass is 274 g/mol. The molecule has 5 heteroatoms. The summed E-state index contributed by atoms with van der Waals surface area (Å²) in [6, 6.07) is 3.96. The zero-order valence-corrected chi connectivity index (χ0v) is 11.2. The molecule has 2 unspecified atom stereocenters. The van der Waals surface area contributed by atoms with Crippen molar-refractivity contribution in [2.75, 3.05) is 0 Å². The lowest BCUT2D eigenvalue weighted by Crippen LogP contribution is -2.46. The van der Waals surface area contributed by atoms with E-state index in [9.17, 15) is 9.59 Å². The molecule has 2 aliphatic heterocycles. The number of piperidine rings is 1. The molecule has 0 aromatic carbocycles. The maximum Gasteiger partial charge on any atom is 0.303 e. The fourth-order valence-electron chi connectivity index (χ4n) is 3.67. The van der Waals surface area contributed by atoms with E-state index in [4.69, 9.17) is 5.11 Å². The predicted octanol–water partition coefficient (Wildman–Crippen LogP) is 1.94. The molecule has 0 aliphatic carbocycles. The van der Waals surface area contributed by atoms with E-state index in [0.29, 0.717) is 5.56 Å². The molecule has 3 heterocycles. The Kier molecular flexibility index (Phi) is 3.42. The van der Waals surface area contributed by atoms with Crippen molar-refractivity contribution >= 4 is 11.9 Å². The Morgan fingerprint density at radius 2 is 2.00 bits per heavy atom. The van der Waals surface area contributed by atoms with Gasteiger partial charge in [-0.05, 0) is 43.7 Å². The minimum Gasteiger partial charge on any atom is -0.481 e. The number of carboxylic acids is 1. The van der Waals surface area contributed by atoms with E-state index in [-0.39, 0.29) is 30.3 Å². The van der Waals surface area contributed by atoms with Crippen LogP contribution >= 0.6 is 0 Å². The fraction of sp³-hybridized carbons (Fsp3) is 0.533. The summed E-state index contributed by atoms with van der Waals surface area (Å²) in [6.45, 7) is 0. The van der Waals surface area contributed by atoms with E-state index in [1.54, 1.807) is 24.5 Å². The first-order valence-corrected chi connectivity index (χ1v) is 7.09. The highest BCUT2D eigenvalue weighted by Gasteiger charge is 2.43. The van der Waals surface area contributed by atoms with E-state index in [2.05, 4.69) is 4.98 Å². The molecule has 2 aliphatic rings. The smallest absolute Gasteiger partial charge is 0.303 e. The molecule has 2 atom stereocenters. The minimum absolute atomic E-state index is 0.0411. The fourth-order valence-corrected chi connectivity index (χ4v) is 3.67. The van der Waals surface area contributed by atoms with Crippen LogP contribution in [0.25, 0.3) is 0 Å². The lowest BCUT2D eigenvalue weighted by atomic mass is 9.88. The summed E-state index contributed by atoms with van der Waals surface area (Å²) in [5, 5.41) is 8.92. The SMILES string of the molecule is O=C(O)CC1CC2CCC(C1)N2C(=O)c1cccnc1. The van der Waals surface area contributed by atoms with Gasteiger partial charge in [0.15, 0.2) is 0 Å². The summed E-state index contributed by atoms with van der Waals surface area (Å²) in [6.07, 6.45) is 7.10. The first-order chi connectivity index (χ1) is 9.65. The third-order valence-electron chi connectivity index (χ3n) is 4.44. The molecule has 0 radical (unpaired) electrons. The normalized spacial score (nSPS) is 28.4. The average molecular weight is 274 g/mol. The first kappa shape index (κ1) is 13.1. The molecule has 2 saturated heterocycles. The number of aromatic nitrogens is 1. The highest BCUT2D eigenvalue weighted by atomic mass is 16.4.